The Morgan fingerprint density at radius 1 is 1.17 bits per heavy atom. The monoisotopic (exact) mass is 318 g/mol. The summed E-state index contributed by atoms with van der Waals surface area (Å²) in [5.74, 6) is 0.242. The highest BCUT2D eigenvalue weighted by Crippen LogP contribution is 2.44. The fraction of sp³-hybridized carbons (Fsp3) is 0.375. The van der Waals surface area contributed by atoms with Crippen molar-refractivity contribution in [1.82, 2.24) is 10.2 Å². The molecule has 2 heterocycles. The molecule has 2 aromatic rings. The van der Waals surface area contributed by atoms with Gasteiger partial charge in [0.2, 0.25) is 0 Å². The fourth-order valence-electron chi connectivity index (χ4n) is 2.94. The van der Waals surface area contributed by atoms with E-state index in [0.29, 0.717) is 34.6 Å². The average Bonchev–Trinajstić information content (AvgIpc) is 3.07. The van der Waals surface area contributed by atoms with Crippen LogP contribution in [0.15, 0.2) is 16.9 Å². The van der Waals surface area contributed by atoms with E-state index in [1.54, 1.807) is 12.1 Å². The number of ether oxygens (including phenoxy) is 3. The Kier molecular flexibility index (Phi) is 3.85. The van der Waals surface area contributed by atoms with Crippen LogP contribution in [0.3, 0.4) is 0 Å². The van der Waals surface area contributed by atoms with Crippen LogP contribution in [0.2, 0.25) is 0 Å². The number of aryl methyl sites for hydroxylation is 1. The molecule has 2 N–H and O–H groups in total. The zero-order valence-corrected chi connectivity index (χ0v) is 13.2. The molecule has 0 radical (unpaired) electrons. The molecule has 1 aliphatic heterocycles. The molecule has 1 atom stereocenters. The number of H-pyrrole nitrogens is 2. The molecule has 7 nitrogen and oxygen atoms in total. The van der Waals surface area contributed by atoms with Crippen LogP contribution in [0.4, 0.5) is 0 Å². The SMILES string of the molecule is CCCc1[nH][nH]c(=O)c1[C@@H]1OC(=O)c2c1ccc(OC)c2OC. The second kappa shape index (κ2) is 5.83. The van der Waals surface area contributed by atoms with E-state index >= 15 is 0 Å². The molecule has 3 rings (SSSR count). The number of carbonyl (C=O) groups excluding carboxylic acids is 1. The minimum absolute atomic E-state index is 0.283. The maximum Gasteiger partial charge on any atom is 0.343 e. The molecule has 0 saturated carbocycles. The smallest absolute Gasteiger partial charge is 0.343 e. The number of nitrogens with one attached hydrogen (secondary N) is 2. The third-order valence-electron chi connectivity index (χ3n) is 3.95. The number of hydrogen-bond donors (Lipinski definition) is 2. The summed E-state index contributed by atoms with van der Waals surface area (Å²) in [6.45, 7) is 2.01. The van der Waals surface area contributed by atoms with Gasteiger partial charge in [-0.3, -0.25) is 9.89 Å². The highest BCUT2D eigenvalue weighted by Gasteiger charge is 2.39. The number of rotatable bonds is 5. The van der Waals surface area contributed by atoms with Gasteiger partial charge in [0, 0.05) is 11.3 Å². The van der Waals surface area contributed by atoms with Crippen molar-refractivity contribution in [3.63, 3.8) is 0 Å². The summed E-state index contributed by atoms with van der Waals surface area (Å²) in [4.78, 5) is 24.5. The number of aromatic amines is 2. The van der Waals surface area contributed by atoms with Gasteiger partial charge >= 0.3 is 5.97 Å². The van der Waals surface area contributed by atoms with Crippen molar-refractivity contribution in [2.45, 2.75) is 25.9 Å². The molecule has 0 spiro atoms. The standard InChI is InChI=1S/C16H18N2O5/c1-4-5-9-12(15(19)18-17-9)13-8-6-7-10(21-2)14(22-3)11(8)16(20)23-13/h6-7,13H,4-5H2,1-3H3,(H2,17,18,19)/t13-/m1/s1. The van der Waals surface area contributed by atoms with E-state index in [0.717, 1.165) is 12.1 Å². The summed E-state index contributed by atoms with van der Waals surface area (Å²) in [5, 5.41) is 5.43. The van der Waals surface area contributed by atoms with E-state index in [1.807, 2.05) is 6.92 Å². The van der Waals surface area contributed by atoms with Crippen molar-refractivity contribution in [1.29, 1.82) is 0 Å². The van der Waals surface area contributed by atoms with E-state index in [-0.39, 0.29) is 5.56 Å². The maximum absolute atomic E-state index is 12.3. The summed E-state index contributed by atoms with van der Waals surface area (Å²) in [6.07, 6.45) is 0.805. The Bertz CT molecular complexity index is 805. The van der Waals surface area contributed by atoms with Crippen molar-refractivity contribution >= 4 is 5.97 Å². The Morgan fingerprint density at radius 3 is 2.61 bits per heavy atom. The summed E-state index contributed by atoms with van der Waals surface area (Å²) < 4.78 is 16.0. The van der Waals surface area contributed by atoms with Gasteiger partial charge in [0.1, 0.15) is 5.56 Å². The molecule has 1 aliphatic rings. The zero-order chi connectivity index (χ0) is 16.6. The molecule has 23 heavy (non-hydrogen) atoms. The van der Waals surface area contributed by atoms with Gasteiger partial charge in [-0.1, -0.05) is 19.4 Å². The number of hydrogen-bond acceptors (Lipinski definition) is 5. The van der Waals surface area contributed by atoms with Crippen molar-refractivity contribution < 1.29 is 19.0 Å². The first kappa shape index (κ1) is 15.2. The molecule has 0 bridgehead atoms. The normalized spacial score (nSPS) is 16.1. The molecule has 0 aliphatic carbocycles. The van der Waals surface area contributed by atoms with Gasteiger partial charge in [-0.05, 0) is 12.5 Å². The predicted molar refractivity (Wildman–Crippen MR) is 82.2 cm³/mol. The number of benzene rings is 1. The number of methoxy groups -OCH3 is 2. The van der Waals surface area contributed by atoms with E-state index in [1.165, 1.54) is 14.2 Å². The average molecular weight is 318 g/mol. The third-order valence-corrected chi connectivity index (χ3v) is 3.95. The lowest BCUT2D eigenvalue weighted by Gasteiger charge is -2.12. The lowest BCUT2D eigenvalue weighted by Crippen LogP contribution is -2.14. The van der Waals surface area contributed by atoms with Crippen LogP contribution < -0.4 is 15.0 Å². The van der Waals surface area contributed by atoms with Crippen molar-refractivity contribution in [2.24, 2.45) is 0 Å². The van der Waals surface area contributed by atoms with Crippen LogP contribution in [0.1, 0.15) is 46.6 Å². The molecule has 1 aromatic carbocycles. The van der Waals surface area contributed by atoms with Crippen LogP contribution in [0.5, 0.6) is 11.5 Å². The van der Waals surface area contributed by atoms with Crippen molar-refractivity contribution in [3.8, 4) is 11.5 Å². The van der Waals surface area contributed by atoms with Gasteiger partial charge in [0.25, 0.3) is 5.56 Å². The quantitative estimate of drug-likeness (QED) is 0.822. The third kappa shape index (κ3) is 2.28. The first-order valence-electron chi connectivity index (χ1n) is 7.37. The van der Waals surface area contributed by atoms with Gasteiger partial charge in [-0.25, -0.2) is 4.79 Å². The zero-order valence-electron chi connectivity index (χ0n) is 13.2. The largest absolute Gasteiger partial charge is 0.493 e. The van der Waals surface area contributed by atoms with Crippen LogP contribution >= 0.6 is 0 Å². The summed E-state index contributed by atoms with van der Waals surface area (Å²) in [7, 11) is 2.96. The predicted octanol–water partition coefficient (Wildman–Crippen LogP) is 1.93. The second-order valence-corrected chi connectivity index (χ2v) is 5.27. The minimum atomic E-state index is -0.742. The molecule has 0 fully saturated rings. The van der Waals surface area contributed by atoms with E-state index < -0.39 is 12.1 Å². The number of fused-ring (bicyclic) bond motifs is 1. The second-order valence-electron chi connectivity index (χ2n) is 5.27. The molecule has 0 unspecified atom stereocenters. The lowest BCUT2D eigenvalue weighted by molar-refractivity contribution is 0.0451. The van der Waals surface area contributed by atoms with Gasteiger partial charge < -0.3 is 19.3 Å². The Morgan fingerprint density at radius 2 is 1.96 bits per heavy atom. The Balaban J connectivity index is 2.17. The van der Waals surface area contributed by atoms with E-state index in [2.05, 4.69) is 10.2 Å². The number of esters is 1. The van der Waals surface area contributed by atoms with Gasteiger partial charge in [0.15, 0.2) is 17.6 Å². The molecular formula is C16H18N2O5. The molecular weight excluding hydrogens is 300 g/mol. The Hall–Kier alpha value is -2.70. The molecule has 1 aromatic heterocycles. The van der Waals surface area contributed by atoms with E-state index in [4.69, 9.17) is 14.2 Å². The Labute approximate surface area is 132 Å². The maximum atomic E-state index is 12.3. The fourth-order valence-corrected chi connectivity index (χ4v) is 2.94. The lowest BCUT2D eigenvalue weighted by atomic mass is 9.97. The van der Waals surface area contributed by atoms with Crippen molar-refractivity contribution in [2.75, 3.05) is 14.2 Å². The van der Waals surface area contributed by atoms with Gasteiger partial charge in [-0.15, -0.1) is 0 Å². The van der Waals surface area contributed by atoms with Crippen LogP contribution in [-0.2, 0) is 11.2 Å². The first-order chi connectivity index (χ1) is 11.1. The number of cyclic esters (lactones) is 1. The highest BCUT2D eigenvalue weighted by molar-refractivity contribution is 5.98. The van der Waals surface area contributed by atoms with Crippen LogP contribution in [0.25, 0.3) is 0 Å². The number of aromatic nitrogens is 2. The molecule has 0 saturated heterocycles. The van der Waals surface area contributed by atoms with Crippen molar-refractivity contribution in [3.05, 3.63) is 44.9 Å². The molecule has 122 valence electrons. The van der Waals surface area contributed by atoms with Gasteiger partial charge in [-0.2, -0.15) is 0 Å². The first-order valence-corrected chi connectivity index (χ1v) is 7.37. The highest BCUT2D eigenvalue weighted by atomic mass is 16.6. The molecule has 0 amide bonds. The summed E-state index contributed by atoms with van der Waals surface area (Å²) in [6, 6.07) is 3.43. The van der Waals surface area contributed by atoms with Crippen LogP contribution in [0, 0.1) is 0 Å². The summed E-state index contributed by atoms with van der Waals surface area (Å²) in [5.41, 5.74) is 1.81. The molecule has 7 heteroatoms. The topological polar surface area (TPSA) is 93.4 Å². The van der Waals surface area contributed by atoms with E-state index in [9.17, 15) is 9.59 Å². The number of carbonyl (C=O) groups is 1. The van der Waals surface area contributed by atoms with Crippen LogP contribution in [-0.4, -0.2) is 30.4 Å². The van der Waals surface area contributed by atoms with Gasteiger partial charge in [0.05, 0.1) is 19.8 Å². The minimum Gasteiger partial charge on any atom is -0.493 e. The summed E-state index contributed by atoms with van der Waals surface area (Å²) >= 11 is 0.